The lowest BCUT2D eigenvalue weighted by Crippen LogP contribution is -2.38. The van der Waals surface area contributed by atoms with Crippen molar-refractivity contribution < 1.29 is 22.5 Å². The maximum absolute atomic E-state index is 12.9. The normalized spacial score (nSPS) is 19.0. The Hall–Kier alpha value is -2.72. The second-order valence-electron chi connectivity index (χ2n) is 8.83. The van der Waals surface area contributed by atoms with E-state index in [-0.39, 0.29) is 24.0 Å². The SMILES string of the molecule is O=C1COc2ccc(S(=O)(=O)NCCC3=CCCCC3)cc2N1Cc1noc(C2CCC2)n1. The minimum absolute atomic E-state index is 0.0884. The smallest absolute Gasteiger partial charge is 0.265 e. The maximum atomic E-state index is 12.9. The average Bonchev–Trinajstić information content (AvgIpc) is 3.22. The van der Waals surface area contributed by atoms with Gasteiger partial charge in [-0.1, -0.05) is 23.2 Å². The quantitative estimate of drug-likeness (QED) is 0.585. The van der Waals surface area contributed by atoms with Crippen molar-refractivity contribution in [1.82, 2.24) is 14.9 Å². The Kier molecular flexibility index (Phi) is 6.20. The second-order valence-corrected chi connectivity index (χ2v) is 10.6. The minimum atomic E-state index is -3.73. The van der Waals surface area contributed by atoms with Gasteiger partial charge in [0.05, 0.1) is 17.1 Å². The number of nitrogens with one attached hydrogen (secondary N) is 1. The van der Waals surface area contributed by atoms with Crippen molar-refractivity contribution in [2.24, 2.45) is 0 Å². The van der Waals surface area contributed by atoms with Gasteiger partial charge in [-0.05, 0) is 63.1 Å². The first-order valence-electron chi connectivity index (χ1n) is 11.6. The van der Waals surface area contributed by atoms with Crippen LogP contribution < -0.4 is 14.4 Å². The summed E-state index contributed by atoms with van der Waals surface area (Å²) in [6.07, 6.45) is 10.6. The molecule has 1 aliphatic heterocycles. The summed E-state index contributed by atoms with van der Waals surface area (Å²) in [5, 5.41) is 4.02. The summed E-state index contributed by atoms with van der Waals surface area (Å²) in [7, 11) is -3.73. The van der Waals surface area contributed by atoms with E-state index >= 15 is 0 Å². The van der Waals surface area contributed by atoms with Crippen molar-refractivity contribution in [1.29, 1.82) is 0 Å². The molecule has 0 radical (unpaired) electrons. The van der Waals surface area contributed by atoms with Gasteiger partial charge in [0, 0.05) is 12.5 Å². The first-order valence-corrected chi connectivity index (χ1v) is 13.1. The lowest BCUT2D eigenvalue weighted by atomic mass is 9.85. The number of sulfonamides is 1. The van der Waals surface area contributed by atoms with E-state index in [1.54, 1.807) is 6.07 Å². The molecule has 9 nitrogen and oxygen atoms in total. The van der Waals surface area contributed by atoms with E-state index in [9.17, 15) is 13.2 Å². The van der Waals surface area contributed by atoms with Gasteiger partial charge < -0.3 is 9.26 Å². The molecule has 176 valence electrons. The third-order valence-corrected chi connectivity index (χ3v) is 8.00. The van der Waals surface area contributed by atoms with Crippen LogP contribution in [-0.2, 0) is 21.4 Å². The van der Waals surface area contributed by atoms with Crippen LogP contribution in [0, 0.1) is 0 Å². The maximum Gasteiger partial charge on any atom is 0.265 e. The van der Waals surface area contributed by atoms with E-state index in [0.29, 0.717) is 42.0 Å². The molecule has 10 heteroatoms. The number of amides is 1. The van der Waals surface area contributed by atoms with E-state index < -0.39 is 10.0 Å². The van der Waals surface area contributed by atoms with Gasteiger partial charge in [0.25, 0.3) is 5.91 Å². The van der Waals surface area contributed by atoms with Crippen LogP contribution in [0.5, 0.6) is 5.75 Å². The lowest BCUT2D eigenvalue weighted by Gasteiger charge is -2.28. The third kappa shape index (κ3) is 4.81. The van der Waals surface area contributed by atoms with Crippen LogP contribution in [0.4, 0.5) is 5.69 Å². The van der Waals surface area contributed by atoms with E-state index in [1.807, 2.05) is 0 Å². The van der Waals surface area contributed by atoms with Gasteiger partial charge in [-0.25, -0.2) is 13.1 Å². The summed E-state index contributed by atoms with van der Waals surface area (Å²) in [5.74, 6) is 1.45. The van der Waals surface area contributed by atoms with Gasteiger partial charge in [0.1, 0.15) is 5.75 Å². The highest BCUT2D eigenvalue weighted by atomic mass is 32.2. The van der Waals surface area contributed by atoms with Gasteiger partial charge >= 0.3 is 0 Å². The molecule has 33 heavy (non-hydrogen) atoms. The van der Waals surface area contributed by atoms with Crippen molar-refractivity contribution in [3.05, 3.63) is 41.6 Å². The van der Waals surface area contributed by atoms with E-state index in [1.165, 1.54) is 29.0 Å². The topological polar surface area (TPSA) is 115 Å². The highest BCUT2D eigenvalue weighted by molar-refractivity contribution is 7.89. The molecule has 2 aromatic rings. The predicted molar refractivity (Wildman–Crippen MR) is 120 cm³/mol. The number of hydrogen-bond acceptors (Lipinski definition) is 7. The summed E-state index contributed by atoms with van der Waals surface area (Å²) in [4.78, 5) is 18.6. The Labute approximate surface area is 193 Å². The van der Waals surface area contributed by atoms with Gasteiger partial charge in [0.15, 0.2) is 12.4 Å². The number of benzene rings is 1. The monoisotopic (exact) mass is 472 g/mol. The molecule has 2 heterocycles. The Balaban J connectivity index is 1.32. The first kappa shape index (κ1) is 22.1. The van der Waals surface area contributed by atoms with E-state index in [2.05, 4.69) is 20.9 Å². The number of rotatable bonds is 8. The molecule has 0 spiro atoms. The van der Waals surface area contributed by atoms with Crippen LogP contribution in [0.1, 0.15) is 69.0 Å². The molecule has 0 unspecified atom stereocenters. The Morgan fingerprint density at radius 2 is 2.06 bits per heavy atom. The fraction of sp³-hybridized carbons (Fsp3) is 0.522. The van der Waals surface area contributed by atoms with E-state index in [0.717, 1.165) is 38.5 Å². The lowest BCUT2D eigenvalue weighted by molar-refractivity contribution is -0.121. The number of ether oxygens (including phenoxy) is 1. The Morgan fingerprint density at radius 3 is 2.82 bits per heavy atom. The van der Waals surface area contributed by atoms with Crippen molar-refractivity contribution in [2.45, 2.75) is 68.7 Å². The number of allylic oxidation sites excluding steroid dienone is 1. The highest BCUT2D eigenvalue weighted by Crippen LogP contribution is 2.37. The largest absolute Gasteiger partial charge is 0.482 e. The molecular weight excluding hydrogens is 444 g/mol. The summed E-state index contributed by atoms with van der Waals surface area (Å²) in [6.45, 7) is 0.313. The fourth-order valence-corrected chi connectivity index (χ4v) is 5.43. The summed E-state index contributed by atoms with van der Waals surface area (Å²) in [5.41, 5.74) is 1.69. The van der Waals surface area contributed by atoms with Crippen LogP contribution in [-0.4, -0.2) is 37.6 Å². The first-order chi connectivity index (χ1) is 16.0. The molecule has 1 fully saturated rings. The molecule has 1 saturated carbocycles. The molecule has 1 aromatic heterocycles. The zero-order chi connectivity index (χ0) is 22.8. The number of anilines is 1. The summed E-state index contributed by atoms with van der Waals surface area (Å²) < 4.78 is 39.4. The molecule has 3 aliphatic rings. The zero-order valence-corrected chi connectivity index (χ0v) is 19.3. The van der Waals surface area contributed by atoms with Crippen LogP contribution in [0.25, 0.3) is 0 Å². The second kappa shape index (κ2) is 9.26. The molecule has 1 aromatic carbocycles. The van der Waals surface area contributed by atoms with E-state index in [4.69, 9.17) is 9.26 Å². The summed E-state index contributed by atoms with van der Waals surface area (Å²) in [6, 6.07) is 4.56. The number of hydrogen-bond donors (Lipinski definition) is 1. The molecular formula is C23H28N4O5S. The van der Waals surface area contributed by atoms with Crippen LogP contribution >= 0.6 is 0 Å². The molecule has 0 saturated heterocycles. The van der Waals surface area contributed by atoms with Crippen molar-refractivity contribution in [2.75, 3.05) is 18.1 Å². The number of aromatic nitrogens is 2. The third-order valence-electron chi connectivity index (χ3n) is 6.54. The number of carbonyl (C=O) groups excluding carboxylic acids is 1. The van der Waals surface area contributed by atoms with Crippen molar-refractivity contribution >= 4 is 21.6 Å². The highest BCUT2D eigenvalue weighted by Gasteiger charge is 2.30. The van der Waals surface area contributed by atoms with Crippen molar-refractivity contribution in [3.8, 4) is 5.75 Å². The van der Waals surface area contributed by atoms with Gasteiger partial charge in [-0.2, -0.15) is 4.98 Å². The minimum Gasteiger partial charge on any atom is -0.482 e. The predicted octanol–water partition coefficient (Wildman–Crippen LogP) is 3.43. The molecule has 1 N–H and O–H groups in total. The van der Waals surface area contributed by atoms with Gasteiger partial charge in [-0.3, -0.25) is 9.69 Å². The average molecular weight is 473 g/mol. The molecule has 2 aliphatic carbocycles. The molecule has 0 bridgehead atoms. The molecule has 0 atom stereocenters. The fourth-order valence-electron chi connectivity index (χ4n) is 4.38. The van der Waals surface area contributed by atoms with Crippen LogP contribution in [0.3, 0.4) is 0 Å². The molecule has 5 rings (SSSR count). The van der Waals surface area contributed by atoms with Crippen LogP contribution in [0.2, 0.25) is 0 Å². The zero-order valence-electron chi connectivity index (χ0n) is 18.5. The number of nitrogens with zero attached hydrogens (tertiary/aromatic N) is 3. The van der Waals surface area contributed by atoms with Gasteiger partial charge in [0.2, 0.25) is 15.9 Å². The number of carbonyl (C=O) groups is 1. The Bertz CT molecular complexity index is 1170. The number of fused-ring (bicyclic) bond motifs is 1. The Morgan fingerprint density at radius 1 is 1.18 bits per heavy atom. The van der Waals surface area contributed by atoms with Crippen LogP contribution in [0.15, 0.2) is 39.3 Å². The van der Waals surface area contributed by atoms with Crippen molar-refractivity contribution in [3.63, 3.8) is 0 Å². The molecule has 1 amide bonds. The summed E-state index contributed by atoms with van der Waals surface area (Å²) >= 11 is 0. The van der Waals surface area contributed by atoms with Gasteiger partial charge in [-0.15, -0.1) is 0 Å². The standard InChI is InChI=1S/C23H28N4O5S/c28-22-15-31-20-10-9-18(33(29,30)24-12-11-16-5-2-1-3-6-16)13-19(20)27(22)14-21-25-23(32-26-21)17-7-4-8-17/h5,9-10,13,17,24H,1-4,6-8,11-12,14-15H2.